The van der Waals surface area contributed by atoms with Crippen LogP contribution < -0.4 is 10.3 Å². The zero-order chi connectivity index (χ0) is 16.2. The first kappa shape index (κ1) is 14.8. The van der Waals surface area contributed by atoms with Crippen molar-refractivity contribution in [1.29, 1.82) is 0 Å². The van der Waals surface area contributed by atoms with E-state index >= 15 is 0 Å². The first-order valence-corrected chi connectivity index (χ1v) is 7.10. The summed E-state index contributed by atoms with van der Waals surface area (Å²) in [7, 11) is 0. The van der Waals surface area contributed by atoms with Crippen molar-refractivity contribution in [3.63, 3.8) is 0 Å². The summed E-state index contributed by atoms with van der Waals surface area (Å²) >= 11 is 0. The van der Waals surface area contributed by atoms with E-state index in [1.807, 2.05) is 42.5 Å². The molecule has 0 amide bonds. The average Bonchev–Trinajstić information content (AvgIpc) is 2.56. The van der Waals surface area contributed by atoms with Crippen LogP contribution >= 0.6 is 0 Å². The third kappa shape index (κ3) is 3.37. The molecule has 0 spiro atoms. The molecule has 1 heterocycles. The van der Waals surface area contributed by atoms with Gasteiger partial charge in [0.05, 0.1) is 17.7 Å². The van der Waals surface area contributed by atoms with E-state index in [2.05, 4.69) is 0 Å². The van der Waals surface area contributed by atoms with E-state index < -0.39 is 4.92 Å². The molecule has 116 valence electrons. The number of aromatic nitrogens is 1. The minimum atomic E-state index is -0.528. The molecule has 0 atom stereocenters. The Hall–Kier alpha value is -3.15. The van der Waals surface area contributed by atoms with Crippen molar-refractivity contribution in [3.05, 3.63) is 81.3 Å². The molecule has 6 nitrogen and oxygen atoms in total. The van der Waals surface area contributed by atoms with Gasteiger partial charge in [0.2, 0.25) is 0 Å². The quantitative estimate of drug-likeness (QED) is 0.536. The number of nitro groups is 1. The number of nitrogens with zero attached hydrogens (tertiary/aromatic N) is 2. The molecule has 0 radical (unpaired) electrons. The van der Waals surface area contributed by atoms with Gasteiger partial charge in [-0.05, 0) is 22.9 Å². The Morgan fingerprint density at radius 1 is 1.04 bits per heavy atom. The van der Waals surface area contributed by atoms with Crippen LogP contribution in [0.5, 0.6) is 5.75 Å². The third-order valence-electron chi connectivity index (χ3n) is 3.50. The summed E-state index contributed by atoms with van der Waals surface area (Å²) in [4.78, 5) is 21.9. The van der Waals surface area contributed by atoms with Gasteiger partial charge in [-0.2, -0.15) is 0 Å². The van der Waals surface area contributed by atoms with Crippen molar-refractivity contribution < 1.29 is 9.66 Å². The number of hydrogen-bond donors (Lipinski definition) is 0. The molecule has 0 saturated heterocycles. The van der Waals surface area contributed by atoms with E-state index in [9.17, 15) is 14.9 Å². The molecule has 0 saturated carbocycles. The molecule has 2 aromatic carbocycles. The second-order valence-corrected chi connectivity index (χ2v) is 5.03. The lowest BCUT2D eigenvalue weighted by atomic mass is 10.1. The van der Waals surface area contributed by atoms with Gasteiger partial charge in [-0.25, -0.2) is 0 Å². The summed E-state index contributed by atoms with van der Waals surface area (Å²) in [5.41, 5.74) is -0.409. The van der Waals surface area contributed by atoms with Gasteiger partial charge in [0, 0.05) is 12.1 Å². The summed E-state index contributed by atoms with van der Waals surface area (Å²) in [6.45, 7) is 0.493. The lowest BCUT2D eigenvalue weighted by molar-refractivity contribution is -0.385. The van der Waals surface area contributed by atoms with Crippen molar-refractivity contribution >= 4 is 16.5 Å². The van der Waals surface area contributed by atoms with Crippen LogP contribution in [0.15, 0.2) is 65.6 Å². The maximum absolute atomic E-state index is 11.7. The molecule has 0 N–H and O–H groups in total. The number of fused-ring (bicyclic) bond motifs is 1. The number of rotatable bonds is 5. The highest BCUT2D eigenvalue weighted by molar-refractivity contribution is 5.83. The van der Waals surface area contributed by atoms with Gasteiger partial charge >= 0.3 is 0 Å². The molecule has 0 fully saturated rings. The maximum Gasteiger partial charge on any atom is 0.285 e. The molecule has 3 rings (SSSR count). The van der Waals surface area contributed by atoms with Crippen molar-refractivity contribution in [2.45, 2.75) is 6.54 Å². The van der Waals surface area contributed by atoms with Gasteiger partial charge < -0.3 is 9.30 Å². The molecule has 0 aliphatic rings. The first-order chi connectivity index (χ1) is 11.1. The van der Waals surface area contributed by atoms with Gasteiger partial charge in [-0.3, -0.25) is 14.9 Å². The minimum absolute atomic E-state index is 0.115. The Morgan fingerprint density at radius 3 is 2.61 bits per heavy atom. The lowest BCUT2D eigenvalue weighted by Gasteiger charge is -2.09. The van der Waals surface area contributed by atoms with Gasteiger partial charge in [0.1, 0.15) is 12.4 Å². The summed E-state index contributed by atoms with van der Waals surface area (Å²) in [6, 6.07) is 16.1. The fraction of sp³-hybridized carbons (Fsp3) is 0.118. The highest BCUT2D eigenvalue weighted by Crippen LogP contribution is 2.20. The van der Waals surface area contributed by atoms with E-state index in [1.165, 1.54) is 22.9 Å². The summed E-state index contributed by atoms with van der Waals surface area (Å²) in [5.74, 6) is 0.696. The number of ether oxygens (including phenoxy) is 1. The summed E-state index contributed by atoms with van der Waals surface area (Å²) in [6.07, 6.45) is 1.23. The van der Waals surface area contributed by atoms with Crippen LogP contribution in [0.4, 0.5) is 5.69 Å². The number of benzene rings is 2. The Kier molecular flexibility index (Phi) is 4.05. The fourth-order valence-corrected chi connectivity index (χ4v) is 2.32. The van der Waals surface area contributed by atoms with E-state index in [1.54, 1.807) is 0 Å². The monoisotopic (exact) mass is 310 g/mol. The third-order valence-corrected chi connectivity index (χ3v) is 3.50. The van der Waals surface area contributed by atoms with Crippen LogP contribution in [0.25, 0.3) is 10.8 Å². The minimum Gasteiger partial charge on any atom is -0.492 e. The predicted octanol–water partition coefficient (Wildman–Crippen LogP) is 2.99. The van der Waals surface area contributed by atoms with Crippen molar-refractivity contribution in [3.8, 4) is 5.75 Å². The van der Waals surface area contributed by atoms with Crippen LogP contribution in [0, 0.1) is 10.1 Å². The molecule has 0 unspecified atom stereocenters. The first-order valence-electron chi connectivity index (χ1n) is 7.10. The Bertz CT molecular complexity index is 918. The van der Waals surface area contributed by atoms with E-state index in [0.717, 1.165) is 10.8 Å². The second-order valence-electron chi connectivity index (χ2n) is 5.03. The van der Waals surface area contributed by atoms with Crippen LogP contribution in [-0.4, -0.2) is 16.1 Å². The van der Waals surface area contributed by atoms with Gasteiger partial charge in [0.15, 0.2) is 0 Å². The van der Waals surface area contributed by atoms with Gasteiger partial charge in [-0.15, -0.1) is 0 Å². The van der Waals surface area contributed by atoms with Crippen molar-refractivity contribution in [1.82, 2.24) is 4.57 Å². The molecular formula is C17H14N2O4. The highest BCUT2D eigenvalue weighted by atomic mass is 16.6. The standard InChI is InChI=1S/C17H14N2O4/c20-17-8-6-15(19(21)22)12-18(17)9-10-23-16-7-5-13-3-1-2-4-14(13)11-16/h1-8,11-12H,9-10H2. The van der Waals surface area contributed by atoms with Crippen LogP contribution in [0.2, 0.25) is 0 Å². The van der Waals surface area contributed by atoms with Gasteiger partial charge in [0.25, 0.3) is 11.2 Å². The summed E-state index contributed by atoms with van der Waals surface area (Å²) < 4.78 is 6.92. The number of hydrogen-bond acceptors (Lipinski definition) is 4. The lowest BCUT2D eigenvalue weighted by Crippen LogP contribution is -2.22. The fourth-order valence-electron chi connectivity index (χ4n) is 2.32. The van der Waals surface area contributed by atoms with Crippen LogP contribution in [-0.2, 0) is 6.54 Å². The summed E-state index contributed by atoms with van der Waals surface area (Å²) in [5, 5.41) is 12.9. The SMILES string of the molecule is O=c1ccc([N+](=O)[O-])cn1CCOc1ccc2ccccc2c1. The maximum atomic E-state index is 11.7. The molecule has 3 aromatic rings. The zero-order valence-electron chi connectivity index (χ0n) is 12.2. The van der Waals surface area contributed by atoms with Crippen molar-refractivity contribution in [2.75, 3.05) is 6.61 Å². The normalized spacial score (nSPS) is 10.6. The topological polar surface area (TPSA) is 74.4 Å². The molecule has 0 bridgehead atoms. The highest BCUT2D eigenvalue weighted by Gasteiger charge is 2.07. The van der Waals surface area contributed by atoms with Gasteiger partial charge in [-0.1, -0.05) is 30.3 Å². The zero-order valence-corrected chi connectivity index (χ0v) is 12.2. The van der Waals surface area contributed by atoms with E-state index in [0.29, 0.717) is 5.75 Å². The molecular weight excluding hydrogens is 296 g/mol. The van der Waals surface area contributed by atoms with Crippen LogP contribution in [0.3, 0.4) is 0 Å². The van der Waals surface area contributed by atoms with Crippen LogP contribution in [0.1, 0.15) is 0 Å². The molecule has 23 heavy (non-hydrogen) atoms. The number of pyridine rings is 1. The van der Waals surface area contributed by atoms with E-state index in [4.69, 9.17) is 4.74 Å². The van der Waals surface area contributed by atoms with E-state index in [-0.39, 0.29) is 24.4 Å². The Morgan fingerprint density at radius 2 is 1.83 bits per heavy atom. The largest absolute Gasteiger partial charge is 0.492 e. The Balaban J connectivity index is 1.70. The smallest absolute Gasteiger partial charge is 0.285 e. The molecule has 1 aromatic heterocycles. The average molecular weight is 310 g/mol. The Labute approximate surface area is 131 Å². The molecule has 0 aliphatic carbocycles. The molecule has 0 aliphatic heterocycles. The second kappa shape index (κ2) is 6.31. The molecule has 6 heteroatoms. The van der Waals surface area contributed by atoms with Crippen molar-refractivity contribution in [2.24, 2.45) is 0 Å². The predicted molar refractivity (Wildman–Crippen MR) is 86.8 cm³/mol.